The Labute approximate surface area is 171 Å². The Hall–Kier alpha value is -2.87. The zero-order valence-corrected chi connectivity index (χ0v) is 16.5. The molecular formula is C15H15N5O7S2. The second-order valence-electron chi connectivity index (χ2n) is 6.42. The lowest BCUT2D eigenvalue weighted by atomic mass is 9.89. The predicted octanol–water partition coefficient (Wildman–Crippen LogP) is -1.39. The highest BCUT2D eigenvalue weighted by atomic mass is 32.2. The van der Waals surface area contributed by atoms with Gasteiger partial charge < -0.3 is 25.7 Å². The second kappa shape index (κ2) is 6.88. The van der Waals surface area contributed by atoms with Crippen LogP contribution in [0.2, 0.25) is 0 Å². The first-order valence-electron chi connectivity index (χ1n) is 8.33. The molecule has 4 atom stereocenters. The number of esters is 1. The van der Waals surface area contributed by atoms with Crippen molar-refractivity contribution in [3.63, 3.8) is 0 Å². The number of oxime groups is 1. The first-order chi connectivity index (χ1) is 13.8. The fourth-order valence-corrected chi connectivity index (χ4v) is 5.69. The summed E-state index contributed by atoms with van der Waals surface area (Å²) in [6.07, 6.45) is -0.0968. The molecule has 2 amide bonds. The van der Waals surface area contributed by atoms with Gasteiger partial charge in [0.05, 0.1) is 17.7 Å². The zero-order valence-electron chi connectivity index (χ0n) is 14.9. The van der Waals surface area contributed by atoms with Gasteiger partial charge in [-0.1, -0.05) is 5.16 Å². The van der Waals surface area contributed by atoms with E-state index in [0.29, 0.717) is 5.75 Å². The van der Waals surface area contributed by atoms with Gasteiger partial charge >= 0.3 is 11.9 Å². The number of nitrogen functional groups attached to an aromatic ring is 1. The summed E-state index contributed by atoms with van der Waals surface area (Å²) in [5.74, 6) is -3.13. The normalized spacial score (nSPS) is 30.7. The Morgan fingerprint density at radius 3 is 2.90 bits per heavy atom. The SMILES string of the molecule is CON=C(C(=O)N[C@@H]1C(=O)N2[C@@H]1CS[C@@H]1CC(=O)O[C@]12C(=O)O)c1csc(N)n1. The third-order valence-electron chi connectivity index (χ3n) is 4.86. The van der Waals surface area contributed by atoms with Gasteiger partial charge in [0.2, 0.25) is 0 Å². The number of aliphatic carboxylic acids is 1. The molecule has 0 aliphatic carbocycles. The molecule has 3 saturated heterocycles. The van der Waals surface area contributed by atoms with Crippen LogP contribution in [0, 0.1) is 0 Å². The van der Waals surface area contributed by atoms with E-state index in [1.165, 1.54) is 24.3 Å². The van der Waals surface area contributed by atoms with Crippen LogP contribution in [0.4, 0.5) is 5.13 Å². The minimum Gasteiger partial charge on any atom is -0.477 e. The fraction of sp³-hybridized carbons (Fsp3) is 0.467. The highest BCUT2D eigenvalue weighted by Gasteiger charge is 2.71. The maximum absolute atomic E-state index is 12.8. The van der Waals surface area contributed by atoms with Gasteiger partial charge in [0.15, 0.2) is 10.8 Å². The Kier molecular flexibility index (Phi) is 4.61. The highest BCUT2D eigenvalue weighted by molar-refractivity contribution is 8.00. The molecule has 3 fully saturated rings. The van der Waals surface area contributed by atoms with Gasteiger partial charge in [0, 0.05) is 11.1 Å². The first-order valence-corrected chi connectivity index (χ1v) is 10.3. The van der Waals surface area contributed by atoms with Crippen molar-refractivity contribution >= 4 is 57.7 Å². The largest absolute Gasteiger partial charge is 0.477 e. The van der Waals surface area contributed by atoms with Crippen LogP contribution in [0.1, 0.15) is 12.1 Å². The van der Waals surface area contributed by atoms with Crippen molar-refractivity contribution in [3.8, 4) is 0 Å². The third kappa shape index (κ3) is 2.81. The number of aromatic nitrogens is 1. The van der Waals surface area contributed by atoms with Crippen molar-refractivity contribution in [2.24, 2.45) is 5.16 Å². The monoisotopic (exact) mass is 441 g/mol. The summed E-state index contributed by atoms with van der Waals surface area (Å²) in [4.78, 5) is 58.8. The number of ether oxygens (including phenoxy) is 1. The van der Waals surface area contributed by atoms with Crippen molar-refractivity contribution in [3.05, 3.63) is 11.1 Å². The number of β-lactam (4-membered cyclic amide) rings is 1. The van der Waals surface area contributed by atoms with Crippen molar-refractivity contribution in [2.75, 3.05) is 18.6 Å². The first kappa shape index (κ1) is 19.4. The van der Waals surface area contributed by atoms with Crippen molar-refractivity contribution in [1.82, 2.24) is 15.2 Å². The predicted molar refractivity (Wildman–Crippen MR) is 100.0 cm³/mol. The Morgan fingerprint density at radius 2 is 2.28 bits per heavy atom. The second-order valence-corrected chi connectivity index (χ2v) is 8.55. The Bertz CT molecular complexity index is 949. The molecular weight excluding hydrogens is 426 g/mol. The molecule has 154 valence electrons. The van der Waals surface area contributed by atoms with Crippen LogP contribution in [-0.2, 0) is 28.8 Å². The molecule has 0 spiro atoms. The minimum absolute atomic E-state index is 0.0968. The molecule has 4 rings (SSSR count). The van der Waals surface area contributed by atoms with Crippen LogP contribution in [0.3, 0.4) is 0 Å². The molecule has 29 heavy (non-hydrogen) atoms. The van der Waals surface area contributed by atoms with E-state index >= 15 is 0 Å². The lowest BCUT2D eigenvalue weighted by molar-refractivity contribution is -0.213. The molecule has 3 aliphatic heterocycles. The average Bonchev–Trinajstić information content (AvgIpc) is 3.25. The number of amides is 2. The molecule has 12 nitrogen and oxygen atoms in total. The quantitative estimate of drug-likeness (QED) is 0.214. The van der Waals surface area contributed by atoms with Crippen LogP contribution < -0.4 is 11.1 Å². The smallest absolute Gasteiger partial charge is 0.371 e. The number of thioether (sulfide) groups is 1. The molecule has 0 unspecified atom stereocenters. The summed E-state index contributed by atoms with van der Waals surface area (Å²) >= 11 is 2.33. The summed E-state index contributed by atoms with van der Waals surface area (Å²) in [6.45, 7) is 0. The van der Waals surface area contributed by atoms with Crippen LogP contribution >= 0.6 is 23.1 Å². The van der Waals surface area contributed by atoms with E-state index in [-0.39, 0.29) is 23.0 Å². The number of hydrogen-bond acceptors (Lipinski definition) is 11. The molecule has 0 aromatic carbocycles. The number of carbonyl (C=O) groups excluding carboxylic acids is 3. The number of hydrogen-bond donors (Lipinski definition) is 3. The highest BCUT2D eigenvalue weighted by Crippen LogP contribution is 2.49. The van der Waals surface area contributed by atoms with Crippen molar-refractivity contribution in [1.29, 1.82) is 0 Å². The van der Waals surface area contributed by atoms with Crippen molar-refractivity contribution < 1.29 is 33.9 Å². The summed E-state index contributed by atoms with van der Waals surface area (Å²) in [5, 5.41) is 16.9. The molecule has 1 aromatic heterocycles. The topological polar surface area (TPSA) is 174 Å². The maximum atomic E-state index is 12.8. The average molecular weight is 441 g/mol. The van der Waals surface area contributed by atoms with Crippen molar-refractivity contribution in [2.45, 2.75) is 29.5 Å². The van der Waals surface area contributed by atoms with Gasteiger partial charge in [-0.05, 0) is 0 Å². The van der Waals surface area contributed by atoms with E-state index < -0.39 is 46.8 Å². The lowest BCUT2D eigenvalue weighted by Crippen LogP contribution is -2.82. The summed E-state index contributed by atoms with van der Waals surface area (Å²) in [5.41, 5.74) is 3.55. The van der Waals surface area contributed by atoms with E-state index in [9.17, 15) is 24.3 Å². The number of carbonyl (C=O) groups is 4. The number of thiazole rings is 1. The van der Waals surface area contributed by atoms with Crippen LogP contribution in [0.5, 0.6) is 0 Å². The minimum atomic E-state index is -2.05. The Balaban J connectivity index is 1.56. The van der Waals surface area contributed by atoms with Crippen LogP contribution in [-0.4, -0.2) is 80.4 Å². The number of anilines is 1. The number of nitrogens with one attached hydrogen (secondary N) is 1. The molecule has 0 radical (unpaired) electrons. The van der Waals surface area contributed by atoms with Gasteiger partial charge in [0.25, 0.3) is 17.5 Å². The van der Waals surface area contributed by atoms with Crippen LogP contribution in [0.15, 0.2) is 10.5 Å². The van der Waals surface area contributed by atoms with E-state index in [1.807, 2.05) is 0 Å². The number of carboxylic acid groups (broad SMARTS) is 1. The van der Waals surface area contributed by atoms with Gasteiger partial charge in [-0.15, -0.1) is 23.1 Å². The summed E-state index contributed by atoms with van der Waals surface area (Å²) < 4.78 is 5.10. The number of carboxylic acids is 1. The molecule has 4 N–H and O–H groups in total. The van der Waals surface area contributed by atoms with Gasteiger partial charge in [0.1, 0.15) is 18.8 Å². The van der Waals surface area contributed by atoms with E-state index in [2.05, 4.69) is 20.3 Å². The molecule has 0 saturated carbocycles. The zero-order chi connectivity index (χ0) is 20.9. The molecule has 4 heterocycles. The number of nitrogens with zero attached hydrogens (tertiary/aromatic N) is 3. The molecule has 3 aliphatic rings. The standard InChI is InChI=1S/C15H15N5O7S2/c1-26-19-9(5-3-29-14(16)17-5)11(22)18-10-6-4-28-7-2-8(21)27-15(7,13(24)25)20(6)12(10)23/h3,6-7,10H,2,4H2,1H3,(H2,16,17)(H,18,22)(H,24,25)/t6-,7-,10+,15+/m1/s1. The lowest BCUT2D eigenvalue weighted by Gasteiger charge is -2.56. The third-order valence-corrected chi connectivity index (χ3v) is 6.96. The Morgan fingerprint density at radius 1 is 1.52 bits per heavy atom. The number of rotatable bonds is 5. The van der Waals surface area contributed by atoms with E-state index in [1.54, 1.807) is 0 Å². The molecule has 14 heteroatoms. The van der Waals surface area contributed by atoms with Gasteiger partial charge in [-0.3, -0.25) is 19.3 Å². The number of nitrogens with two attached hydrogens (primary N) is 1. The summed E-state index contributed by atoms with van der Waals surface area (Å²) in [6, 6.07) is -1.65. The number of fused-ring (bicyclic) bond motifs is 3. The molecule has 0 bridgehead atoms. The van der Waals surface area contributed by atoms with Gasteiger partial charge in [-0.25, -0.2) is 9.78 Å². The van der Waals surface area contributed by atoms with Crippen LogP contribution in [0.25, 0.3) is 0 Å². The maximum Gasteiger partial charge on any atom is 0.371 e. The van der Waals surface area contributed by atoms with E-state index in [4.69, 9.17) is 10.5 Å². The fourth-order valence-electron chi connectivity index (χ4n) is 3.63. The summed E-state index contributed by atoms with van der Waals surface area (Å²) in [7, 11) is 1.25. The van der Waals surface area contributed by atoms with Gasteiger partial charge in [-0.2, -0.15) is 0 Å². The molecule has 1 aromatic rings. The van der Waals surface area contributed by atoms with E-state index in [0.717, 1.165) is 16.2 Å².